The third kappa shape index (κ3) is 4.38. The summed E-state index contributed by atoms with van der Waals surface area (Å²) in [5.74, 6) is 0.844. The molecule has 0 heterocycles. The molecule has 0 fully saturated rings. The van der Waals surface area contributed by atoms with E-state index < -0.39 is 17.0 Å². The number of rotatable bonds is 8. The Morgan fingerprint density at radius 1 is 0.964 bits per heavy atom. The van der Waals surface area contributed by atoms with Crippen molar-refractivity contribution in [3.05, 3.63) is 80.1 Å². The molecular weight excluding hydrogens is 354 g/mol. The van der Waals surface area contributed by atoms with E-state index in [0.29, 0.717) is 17.7 Å². The normalized spacial score (nSPS) is 12.4. The van der Waals surface area contributed by atoms with Gasteiger partial charge >= 0.3 is 0 Å². The molecule has 0 saturated heterocycles. The van der Waals surface area contributed by atoms with Crippen LogP contribution in [-0.4, -0.2) is 24.4 Å². The van der Waals surface area contributed by atoms with E-state index in [4.69, 9.17) is 4.74 Å². The van der Waals surface area contributed by atoms with E-state index in [2.05, 4.69) is 5.32 Å². The van der Waals surface area contributed by atoms with E-state index in [0.717, 1.165) is 16.9 Å². The van der Waals surface area contributed by atoms with Gasteiger partial charge in [0.2, 0.25) is 10.9 Å². The highest BCUT2D eigenvalue weighted by Gasteiger charge is 2.22. The number of hydrogen-bond acceptors (Lipinski definition) is 5. The third-order valence-electron chi connectivity index (χ3n) is 4.34. The molecule has 0 aromatic heterocycles. The fourth-order valence-corrected chi connectivity index (χ4v) is 2.88. The Hall–Kier alpha value is -3.18. The lowest BCUT2D eigenvalue weighted by molar-refractivity contribution is 0.208. The second kappa shape index (κ2) is 8.67. The second-order valence-corrected chi connectivity index (χ2v) is 6.60. The molecule has 0 aliphatic carbocycles. The Morgan fingerprint density at radius 3 is 2.07 bits per heavy atom. The predicted octanol–water partition coefficient (Wildman–Crippen LogP) is 3.31. The summed E-state index contributed by atoms with van der Waals surface area (Å²) in [6.45, 7) is 4.43. The lowest BCUT2D eigenvalue weighted by atomic mass is 9.97. The van der Waals surface area contributed by atoms with Crippen molar-refractivity contribution in [2.24, 2.45) is 0 Å². The van der Waals surface area contributed by atoms with E-state index in [1.807, 2.05) is 67.6 Å². The smallest absolute Gasteiger partial charge is 0.250 e. The van der Waals surface area contributed by atoms with Crippen LogP contribution in [0.1, 0.15) is 25.0 Å². The quantitative estimate of drug-likeness (QED) is 0.465. The van der Waals surface area contributed by atoms with Crippen molar-refractivity contribution in [1.29, 1.82) is 0 Å². The number of anilines is 1. The van der Waals surface area contributed by atoms with Gasteiger partial charge in [0, 0.05) is 6.54 Å². The van der Waals surface area contributed by atoms with Gasteiger partial charge in [-0.3, -0.25) is 9.59 Å². The Balaban J connectivity index is 1.73. The number of aliphatic hydroxyl groups excluding tert-OH is 1. The summed E-state index contributed by atoms with van der Waals surface area (Å²) in [6.07, 6.45) is 3.37. The highest BCUT2D eigenvalue weighted by molar-refractivity contribution is 5.82. The molecule has 3 aromatic rings. The molecule has 3 rings (SSSR count). The van der Waals surface area contributed by atoms with Crippen LogP contribution in [0.25, 0.3) is 23.3 Å². The molecule has 0 radical (unpaired) electrons. The monoisotopic (exact) mass is 377 g/mol. The van der Waals surface area contributed by atoms with Crippen molar-refractivity contribution < 1.29 is 9.84 Å². The molecule has 0 spiro atoms. The molecule has 5 nitrogen and oxygen atoms in total. The van der Waals surface area contributed by atoms with Crippen LogP contribution in [0, 0.1) is 0 Å². The zero-order valence-corrected chi connectivity index (χ0v) is 15.9. The lowest BCUT2D eigenvalue weighted by Gasteiger charge is -2.14. The van der Waals surface area contributed by atoms with Gasteiger partial charge in [0.1, 0.15) is 5.75 Å². The van der Waals surface area contributed by atoms with E-state index in [1.54, 1.807) is 6.92 Å². The summed E-state index contributed by atoms with van der Waals surface area (Å²) in [4.78, 5) is 23.7. The van der Waals surface area contributed by atoms with Gasteiger partial charge in [0.05, 0.1) is 24.0 Å². The number of hydrogen-bond donors (Lipinski definition) is 2. The van der Waals surface area contributed by atoms with Crippen LogP contribution in [0.2, 0.25) is 0 Å². The van der Waals surface area contributed by atoms with Gasteiger partial charge in [0.15, 0.2) is 0 Å². The van der Waals surface area contributed by atoms with Crippen LogP contribution in [-0.2, 0) is 0 Å². The van der Waals surface area contributed by atoms with Crippen LogP contribution >= 0.6 is 0 Å². The molecule has 0 amide bonds. The van der Waals surface area contributed by atoms with E-state index in [-0.39, 0.29) is 12.2 Å². The Bertz CT molecular complexity index is 1020. The van der Waals surface area contributed by atoms with Gasteiger partial charge in [-0.25, -0.2) is 0 Å². The minimum absolute atomic E-state index is 0.223. The molecule has 0 aliphatic rings. The number of benzene rings is 2. The fourth-order valence-electron chi connectivity index (χ4n) is 2.88. The van der Waals surface area contributed by atoms with Crippen molar-refractivity contribution in [3.63, 3.8) is 0 Å². The van der Waals surface area contributed by atoms with Crippen molar-refractivity contribution >= 4 is 17.8 Å². The maximum atomic E-state index is 12.0. The van der Waals surface area contributed by atoms with Crippen molar-refractivity contribution in [1.82, 2.24) is 0 Å². The first-order valence-electron chi connectivity index (χ1n) is 9.26. The van der Waals surface area contributed by atoms with Gasteiger partial charge in [-0.2, -0.15) is 0 Å². The van der Waals surface area contributed by atoms with Crippen LogP contribution in [0.3, 0.4) is 0 Å². The van der Waals surface area contributed by atoms with E-state index in [9.17, 15) is 14.7 Å². The maximum Gasteiger partial charge on any atom is 0.250 e. The molecule has 5 heteroatoms. The maximum absolute atomic E-state index is 12.0. The van der Waals surface area contributed by atoms with Gasteiger partial charge in [-0.1, -0.05) is 48.6 Å². The van der Waals surface area contributed by atoms with E-state index >= 15 is 0 Å². The van der Waals surface area contributed by atoms with Crippen LogP contribution in [0.5, 0.6) is 5.75 Å². The summed E-state index contributed by atoms with van der Waals surface area (Å²) in [5.41, 5.74) is 2.36. The molecule has 28 heavy (non-hydrogen) atoms. The summed E-state index contributed by atoms with van der Waals surface area (Å²) in [7, 11) is 0. The molecule has 3 aromatic carbocycles. The van der Waals surface area contributed by atoms with Gasteiger partial charge in [0.25, 0.3) is 0 Å². The molecule has 144 valence electrons. The van der Waals surface area contributed by atoms with Gasteiger partial charge in [-0.15, -0.1) is 0 Å². The Morgan fingerprint density at radius 2 is 1.54 bits per heavy atom. The third-order valence-corrected chi connectivity index (χ3v) is 4.34. The second-order valence-electron chi connectivity index (χ2n) is 6.60. The van der Waals surface area contributed by atoms with Gasteiger partial charge < -0.3 is 15.2 Å². The van der Waals surface area contributed by atoms with Crippen molar-refractivity contribution in [3.8, 4) is 16.9 Å². The highest BCUT2D eigenvalue weighted by Crippen LogP contribution is 2.24. The fraction of sp³-hybridized carbons (Fsp3) is 0.217. The zero-order valence-electron chi connectivity index (χ0n) is 15.9. The Kier molecular flexibility index (Phi) is 6.06. The molecule has 1 unspecified atom stereocenters. The number of aliphatic hydroxyl groups is 1. The zero-order chi connectivity index (χ0) is 20.1. The molecule has 1 atom stereocenters. The molecular formula is C23H23NO4. The van der Waals surface area contributed by atoms with Crippen LogP contribution < -0.4 is 20.9 Å². The average molecular weight is 377 g/mol. The van der Waals surface area contributed by atoms with Crippen molar-refractivity contribution in [2.45, 2.75) is 20.0 Å². The summed E-state index contributed by atoms with van der Waals surface area (Å²) in [5, 5.41) is 12.2. The minimum atomic E-state index is -0.604. The largest absolute Gasteiger partial charge is 0.494 e. The topological polar surface area (TPSA) is 75.6 Å². The van der Waals surface area contributed by atoms with Gasteiger partial charge in [-0.05, 0) is 42.7 Å². The van der Waals surface area contributed by atoms with Crippen molar-refractivity contribution in [2.75, 3.05) is 18.5 Å². The first kappa shape index (κ1) is 19.6. The molecule has 2 N–H and O–H groups in total. The highest BCUT2D eigenvalue weighted by atomic mass is 16.5. The lowest BCUT2D eigenvalue weighted by Crippen LogP contribution is -2.37. The first-order valence-corrected chi connectivity index (χ1v) is 9.26. The minimum Gasteiger partial charge on any atom is -0.494 e. The summed E-state index contributed by atoms with van der Waals surface area (Å²) in [6, 6.07) is 15.3. The standard InChI is InChI=1S/C23H23NO4/c1-3-28-19-12-8-17(9-13-19)5-4-16-6-10-18(11-7-16)20-21(23(27)22(20)26)24-14-15(2)25/h4-13,15,24-25H,3,14H2,1-2H3. The van der Waals surface area contributed by atoms with Crippen LogP contribution in [0.4, 0.5) is 5.69 Å². The van der Waals surface area contributed by atoms with Crippen LogP contribution in [0.15, 0.2) is 58.1 Å². The SMILES string of the molecule is CCOc1ccc(C=Cc2ccc(-c3c(NCC(C)O)c(=O)c3=O)cc2)cc1. The molecule has 0 aliphatic heterocycles. The first-order chi connectivity index (χ1) is 13.5. The number of ether oxygens (including phenoxy) is 1. The molecule has 0 bridgehead atoms. The molecule has 0 saturated carbocycles. The van der Waals surface area contributed by atoms with E-state index in [1.165, 1.54) is 0 Å². The summed E-state index contributed by atoms with van der Waals surface area (Å²) >= 11 is 0. The number of nitrogens with one attached hydrogen (secondary N) is 1. The average Bonchev–Trinajstić information content (AvgIpc) is 2.70. The Labute approximate surface area is 163 Å². The summed E-state index contributed by atoms with van der Waals surface area (Å²) < 4.78 is 5.43. The predicted molar refractivity (Wildman–Crippen MR) is 113 cm³/mol.